The smallest absolute Gasteiger partial charge is 0.412 e. The quantitative estimate of drug-likeness (QED) is 0.552. The van der Waals surface area contributed by atoms with Gasteiger partial charge in [0.25, 0.3) is 0 Å². The van der Waals surface area contributed by atoms with Gasteiger partial charge in [0.2, 0.25) is 10.0 Å². The number of nitrogens with one attached hydrogen (secondary N) is 1. The highest BCUT2D eigenvalue weighted by atomic mass is 35.5. The lowest BCUT2D eigenvalue weighted by atomic mass is 10.0. The molecule has 1 aromatic heterocycles. The fourth-order valence-corrected chi connectivity index (χ4v) is 3.88. The number of hydrogen-bond donors (Lipinski definition) is 2. The van der Waals surface area contributed by atoms with E-state index in [9.17, 15) is 18.3 Å². The van der Waals surface area contributed by atoms with Crippen LogP contribution in [0.4, 0.5) is 16.2 Å². The minimum absolute atomic E-state index is 0.259. The number of rotatable bonds is 6. The number of aromatic nitrogens is 1. The third-order valence-corrected chi connectivity index (χ3v) is 5.29. The van der Waals surface area contributed by atoms with Crippen molar-refractivity contribution in [2.45, 2.75) is 19.9 Å². The molecule has 10 heteroatoms. The van der Waals surface area contributed by atoms with Crippen LogP contribution >= 0.6 is 11.6 Å². The predicted octanol–water partition coefficient (Wildman–Crippen LogP) is 4.92. The molecule has 0 aliphatic rings. The molecule has 0 aliphatic carbocycles. The van der Waals surface area contributed by atoms with Crippen LogP contribution in [0.15, 0.2) is 53.1 Å². The standard InChI is InChI=1S/C20H20ClN3O5S/c1-12-18(24(20(25)26)13(2)15-5-4-6-16(21)11-15)19(29-22-12)14-7-9-17(10-8-14)23-30(3,27)28/h4-11,13,23H,1-3H3,(H,25,26). The molecule has 8 nitrogen and oxygen atoms in total. The molecule has 0 aliphatic heterocycles. The largest absolute Gasteiger partial charge is 0.465 e. The molecule has 1 unspecified atom stereocenters. The number of nitrogens with zero attached hydrogens (tertiary/aromatic N) is 2. The van der Waals surface area contributed by atoms with Crippen LogP contribution in [-0.2, 0) is 10.0 Å². The summed E-state index contributed by atoms with van der Waals surface area (Å²) < 4.78 is 30.6. The number of amides is 1. The van der Waals surface area contributed by atoms with Crippen LogP contribution in [0.2, 0.25) is 5.02 Å². The first-order valence-electron chi connectivity index (χ1n) is 8.89. The van der Waals surface area contributed by atoms with E-state index in [4.69, 9.17) is 16.1 Å². The summed E-state index contributed by atoms with van der Waals surface area (Å²) >= 11 is 6.07. The van der Waals surface area contributed by atoms with Crippen molar-refractivity contribution in [3.63, 3.8) is 0 Å². The van der Waals surface area contributed by atoms with Gasteiger partial charge in [0, 0.05) is 16.3 Å². The molecular formula is C20H20ClN3O5S. The van der Waals surface area contributed by atoms with Crippen LogP contribution in [0, 0.1) is 6.92 Å². The molecule has 2 aromatic carbocycles. The highest BCUT2D eigenvalue weighted by Gasteiger charge is 2.30. The van der Waals surface area contributed by atoms with E-state index in [1.54, 1.807) is 62.4 Å². The van der Waals surface area contributed by atoms with E-state index in [-0.39, 0.29) is 5.76 Å². The van der Waals surface area contributed by atoms with Gasteiger partial charge in [0.05, 0.1) is 12.3 Å². The third kappa shape index (κ3) is 4.74. The second kappa shape index (κ2) is 8.37. The van der Waals surface area contributed by atoms with Crippen molar-refractivity contribution in [1.82, 2.24) is 5.16 Å². The Labute approximate surface area is 179 Å². The zero-order valence-corrected chi connectivity index (χ0v) is 18.0. The normalized spacial score (nSPS) is 12.4. The number of anilines is 2. The maximum Gasteiger partial charge on any atom is 0.412 e. The lowest BCUT2D eigenvalue weighted by Gasteiger charge is -2.27. The fourth-order valence-electron chi connectivity index (χ4n) is 3.11. The van der Waals surface area contributed by atoms with Gasteiger partial charge in [-0.15, -0.1) is 0 Å². The Kier molecular flexibility index (Phi) is 6.04. The summed E-state index contributed by atoms with van der Waals surface area (Å²) in [6, 6.07) is 12.8. The number of carbonyl (C=O) groups is 1. The average Bonchev–Trinajstić information content (AvgIpc) is 3.02. The zero-order chi connectivity index (χ0) is 22.1. The summed E-state index contributed by atoms with van der Waals surface area (Å²) in [4.78, 5) is 13.4. The highest BCUT2D eigenvalue weighted by molar-refractivity contribution is 7.92. The Hall–Kier alpha value is -3.04. The molecule has 0 fully saturated rings. The van der Waals surface area contributed by atoms with Gasteiger partial charge < -0.3 is 9.63 Å². The first kappa shape index (κ1) is 21.7. The lowest BCUT2D eigenvalue weighted by Crippen LogP contribution is -2.32. The maximum absolute atomic E-state index is 12.2. The zero-order valence-electron chi connectivity index (χ0n) is 16.5. The van der Waals surface area contributed by atoms with Gasteiger partial charge in [0.1, 0.15) is 11.4 Å². The number of aryl methyl sites for hydroxylation is 1. The molecule has 3 rings (SSSR count). The molecule has 0 radical (unpaired) electrons. The molecule has 2 N–H and O–H groups in total. The van der Waals surface area contributed by atoms with Crippen molar-refractivity contribution >= 4 is 39.1 Å². The van der Waals surface area contributed by atoms with E-state index in [0.717, 1.165) is 6.26 Å². The number of halogens is 1. The van der Waals surface area contributed by atoms with Gasteiger partial charge >= 0.3 is 6.09 Å². The van der Waals surface area contributed by atoms with Crippen molar-refractivity contribution in [2.75, 3.05) is 15.9 Å². The minimum Gasteiger partial charge on any atom is -0.465 e. The number of sulfonamides is 1. The van der Waals surface area contributed by atoms with Crippen LogP contribution in [0.3, 0.4) is 0 Å². The lowest BCUT2D eigenvalue weighted by molar-refractivity contribution is 0.199. The van der Waals surface area contributed by atoms with E-state index in [0.29, 0.717) is 33.2 Å². The minimum atomic E-state index is -3.41. The number of hydrogen-bond acceptors (Lipinski definition) is 5. The average molecular weight is 450 g/mol. The second-order valence-corrected chi connectivity index (χ2v) is 8.97. The van der Waals surface area contributed by atoms with Crippen molar-refractivity contribution in [2.24, 2.45) is 0 Å². The van der Waals surface area contributed by atoms with Crippen LogP contribution in [0.1, 0.15) is 24.2 Å². The Morgan fingerprint density at radius 3 is 2.47 bits per heavy atom. The van der Waals surface area contributed by atoms with Crippen LogP contribution < -0.4 is 9.62 Å². The summed E-state index contributed by atoms with van der Waals surface area (Å²) in [7, 11) is -3.41. The van der Waals surface area contributed by atoms with Crippen molar-refractivity contribution < 1.29 is 22.8 Å². The molecule has 0 spiro atoms. The van der Waals surface area contributed by atoms with Gasteiger partial charge in [-0.2, -0.15) is 0 Å². The van der Waals surface area contributed by atoms with Crippen LogP contribution in [0.5, 0.6) is 0 Å². The number of benzene rings is 2. The van der Waals surface area contributed by atoms with Gasteiger partial charge in [-0.05, 0) is 55.8 Å². The molecule has 1 heterocycles. The summed E-state index contributed by atoms with van der Waals surface area (Å²) in [5.41, 5.74) is 2.35. The van der Waals surface area contributed by atoms with Crippen LogP contribution in [-0.4, -0.2) is 31.0 Å². The predicted molar refractivity (Wildman–Crippen MR) is 116 cm³/mol. The van der Waals surface area contributed by atoms with Crippen molar-refractivity contribution in [3.8, 4) is 11.3 Å². The van der Waals surface area contributed by atoms with Gasteiger partial charge in [-0.3, -0.25) is 9.62 Å². The van der Waals surface area contributed by atoms with E-state index < -0.39 is 22.2 Å². The van der Waals surface area contributed by atoms with Gasteiger partial charge in [0.15, 0.2) is 5.76 Å². The Balaban J connectivity index is 2.03. The first-order chi connectivity index (χ1) is 14.1. The molecule has 0 bridgehead atoms. The van der Waals surface area contributed by atoms with E-state index >= 15 is 0 Å². The van der Waals surface area contributed by atoms with E-state index in [1.807, 2.05) is 0 Å². The molecule has 30 heavy (non-hydrogen) atoms. The number of carboxylic acid groups (broad SMARTS) is 1. The fraction of sp³-hybridized carbons (Fsp3) is 0.200. The van der Waals surface area contributed by atoms with Crippen LogP contribution in [0.25, 0.3) is 11.3 Å². The van der Waals surface area contributed by atoms with Gasteiger partial charge in [-0.25, -0.2) is 13.2 Å². The van der Waals surface area contributed by atoms with E-state index in [2.05, 4.69) is 9.88 Å². The van der Waals surface area contributed by atoms with E-state index in [1.165, 1.54) is 4.90 Å². The Morgan fingerprint density at radius 2 is 1.90 bits per heavy atom. The molecule has 1 amide bonds. The monoisotopic (exact) mass is 449 g/mol. The molecule has 1 atom stereocenters. The maximum atomic E-state index is 12.2. The third-order valence-electron chi connectivity index (χ3n) is 4.45. The molecule has 158 valence electrons. The molecule has 3 aromatic rings. The summed E-state index contributed by atoms with van der Waals surface area (Å²) in [5, 5.41) is 14.4. The molecular weight excluding hydrogens is 430 g/mol. The summed E-state index contributed by atoms with van der Waals surface area (Å²) in [5.74, 6) is 0.259. The Bertz CT molecular complexity index is 1180. The summed E-state index contributed by atoms with van der Waals surface area (Å²) in [6.45, 7) is 3.40. The second-order valence-electron chi connectivity index (χ2n) is 6.78. The van der Waals surface area contributed by atoms with Crippen molar-refractivity contribution in [1.29, 1.82) is 0 Å². The van der Waals surface area contributed by atoms with Crippen molar-refractivity contribution in [3.05, 3.63) is 64.8 Å². The topological polar surface area (TPSA) is 113 Å². The molecule has 0 saturated carbocycles. The SMILES string of the molecule is Cc1noc(-c2ccc(NS(C)(=O)=O)cc2)c1N(C(=O)O)C(C)c1cccc(Cl)c1. The van der Waals surface area contributed by atoms with Gasteiger partial charge in [-0.1, -0.05) is 28.9 Å². The summed E-state index contributed by atoms with van der Waals surface area (Å²) in [6.07, 6.45) is -0.119. The first-order valence-corrected chi connectivity index (χ1v) is 11.2. The highest BCUT2D eigenvalue weighted by Crippen LogP contribution is 2.39. The Morgan fingerprint density at radius 1 is 1.23 bits per heavy atom. The molecule has 0 saturated heterocycles.